The lowest BCUT2D eigenvalue weighted by Crippen LogP contribution is -2.14. The third kappa shape index (κ3) is 1.54. The summed E-state index contributed by atoms with van der Waals surface area (Å²) >= 11 is 1.30. The van der Waals surface area contributed by atoms with E-state index in [4.69, 9.17) is 5.73 Å². The lowest BCUT2D eigenvalue weighted by atomic mass is 10.5. The first-order valence-corrected chi connectivity index (χ1v) is 4.28. The van der Waals surface area contributed by atoms with Gasteiger partial charge in [0.05, 0.1) is 0 Å². The molecule has 3 N–H and O–H groups in total. The van der Waals surface area contributed by atoms with Gasteiger partial charge in [-0.1, -0.05) is 0 Å². The molecule has 0 spiro atoms. The zero-order valence-corrected chi connectivity index (χ0v) is 7.16. The van der Waals surface area contributed by atoms with Crippen molar-refractivity contribution in [3.63, 3.8) is 0 Å². The van der Waals surface area contributed by atoms with E-state index < -0.39 is 0 Å². The molecule has 0 unspecified atom stereocenters. The molecule has 0 aromatic carbocycles. The van der Waals surface area contributed by atoms with Crippen LogP contribution in [0.2, 0.25) is 0 Å². The monoisotopic (exact) mass is 171 g/mol. The summed E-state index contributed by atoms with van der Waals surface area (Å²) in [5.74, 6) is 0.851. The lowest BCUT2D eigenvalue weighted by molar-refractivity contribution is 0.978. The molecule has 0 radical (unpaired) electrons. The number of anilines is 1. The molecule has 1 aromatic heterocycles. The highest BCUT2D eigenvalue weighted by molar-refractivity contribution is 7.98. The summed E-state index contributed by atoms with van der Waals surface area (Å²) < 4.78 is 0. The van der Waals surface area contributed by atoms with Crippen molar-refractivity contribution in [3.8, 4) is 0 Å². The van der Waals surface area contributed by atoms with E-state index in [2.05, 4.69) is 9.97 Å². The maximum atomic E-state index is 11.1. The Morgan fingerprint density at radius 2 is 2.27 bits per heavy atom. The van der Waals surface area contributed by atoms with Crippen LogP contribution in [-0.4, -0.2) is 16.2 Å². The first kappa shape index (κ1) is 8.13. The van der Waals surface area contributed by atoms with E-state index in [1.165, 1.54) is 11.8 Å². The van der Waals surface area contributed by atoms with E-state index in [0.29, 0.717) is 16.5 Å². The van der Waals surface area contributed by atoms with Crippen LogP contribution in [-0.2, 0) is 0 Å². The Bertz CT molecular complexity index is 320. The number of H-pyrrole nitrogens is 1. The topological polar surface area (TPSA) is 71.8 Å². The Morgan fingerprint density at radius 1 is 1.64 bits per heavy atom. The molecule has 0 bridgehead atoms. The highest BCUT2D eigenvalue weighted by atomic mass is 32.2. The van der Waals surface area contributed by atoms with Crippen LogP contribution in [0.25, 0.3) is 0 Å². The number of hydrogen-bond acceptors (Lipinski definition) is 4. The van der Waals surface area contributed by atoms with E-state index in [1.807, 2.05) is 0 Å². The minimum atomic E-state index is -0.164. The van der Waals surface area contributed by atoms with Crippen LogP contribution in [0.4, 0.5) is 5.82 Å². The summed E-state index contributed by atoms with van der Waals surface area (Å²) in [6.07, 6.45) is 1.79. The molecule has 0 saturated heterocycles. The molecule has 4 nitrogen and oxygen atoms in total. The number of aromatic nitrogens is 2. The van der Waals surface area contributed by atoms with E-state index in [0.717, 1.165) is 0 Å². The maximum absolute atomic E-state index is 11.1. The third-order valence-corrected chi connectivity index (χ3v) is 2.03. The second-order valence-corrected chi connectivity index (χ2v) is 2.89. The van der Waals surface area contributed by atoms with Gasteiger partial charge in [0, 0.05) is 0 Å². The number of nitrogens with one attached hydrogen (secondary N) is 1. The second kappa shape index (κ2) is 2.96. The van der Waals surface area contributed by atoms with Gasteiger partial charge in [0.1, 0.15) is 16.5 Å². The molecule has 60 valence electrons. The molecule has 5 heteroatoms. The average molecular weight is 171 g/mol. The van der Waals surface area contributed by atoms with Crippen LogP contribution in [0.15, 0.2) is 9.69 Å². The largest absolute Gasteiger partial charge is 0.383 e. The number of aryl methyl sites for hydroxylation is 1. The second-order valence-electron chi connectivity index (χ2n) is 2.07. The molecule has 0 atom stereocenters. The first-order chi connectivity index (χ1) is 5.15. The van der Waals surface area contributed by atoms with Gasteiger partial charge < -0.3 is 10.7 Å². The van der Waals surface area contributed by atoms with E-state index in [1.54, 1.807) is 13.2 Å². The van der Waals surface area contributed by atoms with Crippen LogP contribution in [0.5, 0.6) is 0 Å². The number of hydrogen-bond donors (Lipinski definition) is 2. The van der Waals surface area contributed by atoms with Crippen LogP contribution < -0.4 is 11.3 Å². The number of nitrogen functional groups attached to an aromatic ring is 1. The zero-order valence-electron chi connectivity index (χ0n) is 6.34. The van der Waals surface area contributed by atoms with Crippen molar-refractivity contribution in [3.05, 3.63) is 16.2 Å². The molecule has 1 aromatic rings. The number of rotatable bonds is 1. The third-order valence-electron chi connectivity index (χ3n) is 1.23. The number of thioether (sulfide) groups is 1. The van der Waals surface area contributed by atoms with Gasteiger partial charge in [-0.2, -0.15) is 0 Å². The molecule has 1 heterocycles. The van der Waals surface area contributed by atoms with Crippen LogP contribution in [0.3, 0.4) is 0 Å². The average Bonchev–Trinajstić information content (AvgIpc) is 1.85. The normalized spacial score (nSPS) is 10.0. The predicted molar refractivity (Wildman–Crippen MR) is 45.8 cm³/mol. The van der Waals surface area contributed by atoms with Gasteiger partial charge in [-0.15, -0.1) is 11.8 Å². The molecule has 0 saturated carbocycles. The summed E-state index contributed by atoms with van der Waals surface area (Å²) in [6, 6.07) is 0. The van der Waals surface area contributed by atoms with Gasteiger partial charge in [0.2, 0.25) is 0 Å². The van der Waals surface area contributed by atoms with Crippen molar-refractivity contribution >= 4 is 17.6 Å². The summed E-state index contributed by atoms with van der Waals surface area (Å²) in [5, 5.41) is 0. The molecule has 0 fully saturated rings. The predicted octanol–water partition coefficient (Wildman–Crippen LogP) is 0.382. The summed E-state index contributed by atoms with van der Waals surface area (Å²) in [6.45, 7) is 1.70. The van der Waals surface area contributed by atoms with Gasteiger partial charge >= 0.3 is 0 Å². The van der Waals surface area contributed by atoms with Crippen molar-refractivity contribution < 1.29 is 0 Å². The maximum Gasteiger partial charge on any atom is 0.266 e. The quantitative estimate of drug-likeness (QED) is 0.599. The van der Waals surface area contributed by atoms with E-state index in [9.17, 15) is 4.79 Å². The van der Waals surface area contributed by atoms with Crippen molar-refractivity contribution in [2.75, 3.05) is 12.0 Å². The van der Waals surface area contributed by atoms with Crippen LogP contribution in [0.1, 0.15) is 5.82 Å². The fraction of sp³-hybridized carbons (Fsp3) is 0.333. The first-order valence-electron chi connectivity index (χ1n) is 3.05. The van der Waals surface area contributed by atoms with Gasteiger partial charge in [0.25, 0.3) is 5.56 Å². The Hall–Kier alpha value is -0.970. The molecule has 0 aliphatic carbocycles. The Balaban J connectivity index is 3.37. The minimum Gasteiger partial charge on any atom is -0.383 e. The lowest BCUT2D eigenvalue weighted by Gasteiger charge is -1.99. The number of nitrogens with zero attached hydrogens (tertiary/aromatic N) is 1. The minimum absolute atomic E-state index is 0.164. The van der Waals surface area contributed by atoms with Gasteiger partial charge in [-0.3, -0.25) is 4.79 Å². The number of nitrogens with two attached hydrogens (primary N) is 1. The molecule has 0 aliphatic heterocycles. The van der Waals surface area contributed by atoms with Gasteiger partial charge in [-0.05, 0) is 13.2 Å². The Morgan fingerprint density at radius 3 is 2.73 bits per heavy atom. The number of aromatic amines is 1. The fourth-order valence-corrected chi connectivity index (χ4v) is 1.29. The molecular formula is C6H9N3OS. The standard InChI is InChI=1S/C6H9N3OS/c1-3-8-5(7)4(11-2)6(10)9-3/h1-2H3,(H3,7,8,9,10). The van der Waals surface area contributed by atoms with Gasteiger partial charge in [-0.25, -0.2) is 4.98 Å². The van der Waals surface area contributed by atoms with E-state index >= 15 is 0 Å². The highest BCUT2D eigenvalue weighted by Crippen LogP contribution is 2.14. The summed E-state index contributed by atoms with van der Waals surface area (Å²) in [4.78, 5) is 18.0. The molecule has 0 aliphatic rings. The van der Waals surface area contributed by atoms with Crippen molar-refractivity contribution in [1.82, 2.24) is 9.97 Å². The van der Waals surface area contributed by atoms with Crippen molar-refractivity contribution in [1.29, 1.82) is 0 Å². The Labute approximate surface area is 68.2 Å². The summed E-state index contributed by atoms with van der Waals surface area (Å²) in [7, 11) is 0. The van der Waals surface area contributed by atoms with Crippen LogP contribution >= 0.6 is 11.8 Å². The molecular weight excluding hydrogens is 162 g/mol. The van der Waals surface area contributed by atoms with Crippen LogP contribution in [0, 0.1) is 6.92 Å². The smallest absolute Gasteiger partial charge is 0.266 e. The Kier molecular flexibility index (Phi) is 2.19. The van der Waals surface area contributed by atoms with Crippen molar-refractivity contribution in [2.24, 2.45) is 0 Å². The molecule has 0 amide bonds. The fourth-order valence-electron chi connectivity index (χ4n) is 0.794. The highest BCUT2D eigenvalue weighted by Gasteiger charge is 2.04. The molecule has 11 heavy (non-hydrogen) atoms. The van der Waals surface area contributed by atoms with E-state index in [-0.39, 0.29) is 5.56 Å². The summed E-state index contributed by atoms with van der Waals surface area (Å²) in [5.41, 5.74) is 5.32. The van der Waals surface area contributed by atoms with Gasteiger partial charge in [0.15, 0.2) is 0 Å². The molecule has 1 rings (SSSR count). The SMILES string of the molecule is CSc1c(N)nc(C)[nH]c1=O. The van der Waals surface area contributed by atoms with Crippen molar-refractivity contribution in [2.45, 2.75) is 11.8 Å². The zero-order chi connectivity index (χ0) is 8.43.